The molecule has 0 saturated heterocycles. The zero-order valence-corrected chi connectivity index (χ0v) is 12.3. The van der Waals surface area contributed by atoms with Crippen LogP contribution in [0.3, 0.4) is 0 Å². The van der Waals surface area contributed by atoms with Gasteiger partial charge in [0.05, 0.1) is 26.9 Å². The highest BCUT2D eigenvalue weighted by molar-refractivity contribution is 7.84. The van der Waals surface area contributed by atoms with Crippen LogP contribution in [0.2, 0.25) is 5.02 Å². The Hall–Kier alpha value is -1.53. The number of benzene rings is 1. The summed E-state index contributed by atoms with van der Waals surface area (Å²) in [6.07, 6.45) is 1.60. The predicted octanol–water partition coefficient (Wildman–Crippen LogP) is 2.72. The smallest absolute Gasteiger partial charge is 0.207 e. The molecule has 0 unspecified atom stereocenters. The van der Waals surface area contributed by atoms with E-state index >= 15 is 0 Å². The van der Waals surface area contributed by atoms with Crippen LogP contribution < -0.4 is 9.47 Å². The summed E-state index contributed by atoms with van der Waals surface area (Å²) < 4.78 is 28.6. The Balaban J connectivity index is 1.87. The lowest BCUT2D eigenvalue weighted by Gasteiger charge is -2.19. The monoisotopic (exact) mass is 313 g/mol. The van der Waals surface area contributed by atoms with Gasteiger partial charge in [0.2, 0.25) is 5.89 Å². The van der Waals surface area contributed by atoms with Crippen LogP contribution in [0.25, 0.3) is 0 Å². The predicted molar refractivity (Wildman–Crippen MR) is 73.8 cm³/mol. The molecule has 0 aliphatic carbocycles. The number of hydrogen-bond acceptors (Lipinski definition) is 5. The van der Waals surface area contributed by atoms with Crippen molar-refractivity contribution in [3.8, 4) is 11.5 Å². The maximum Gasteiger partial charge on any atom is 0.207 e. The van der Waals surface area contributed by atoms with Crippen molar-refractivity contribution in [3.63, 3.8) is 0 Å². The summed E-state index contributed by atoms with van der Waals surface area (Å²) in [7, 11) is -1.35. The zero-order valence-electron chi connectivity index (χ0n) is 10.7. The van der Waals surface area contributed by atoms with Gasteiger partial charge in [-0.25, -0.2) is 4.98 Å². The lowest BCUT2D eigenvalue weighted by Crippen LogP contribution is -2.15. The normalized spacial score (nSPS) is 15.1. The molecule has 3 rings (SSSR count). The van der Waals surface area contributed by atoms with E-state index in [2.05, 4.69) is 4.98 Å². The number of halogens is 1. The van der Waals surface area contributed by atoms with Gasteiger partial charge >= 0.3 is 0 Å². The second-order valence-electron chi connectivity index (χ2n) is 4.28. The largest absolute Gasteiger partial charge is 0.486 e. The molecule has 5 nitrogen and oxygen atoms in total. The molecule has 20 heavy (non-hydrogen) atoms. The molecule has 0 spiro atoms. The minimum absolute atomic E-state index is 0.174. The topological polar surface area (TPSA) is 61.6 Å². The number of ether oxygens (including phenoxy) is 2. The van der Waals surface area contributed by atoms with Gasteiger partial charge in [0.15, 0.2) is 11.5 Å². The Kier molecular flexibility index (Phi) is 3.67. The molecule has 0 radical (unpaired) electrons. The highest BCUT2D eigenvalue weighted by Gasteiger charge is 2.19. The first-order valence-electron chi connectivity index (χ1n) is 6.02. The van der Waals surface area contributed by atoms with E-state index in [-0.39, 0.29) is 5.75 Å². The van der Waals surface area contributed by atoms with Crippen LogP contribution in [-0.2, 0) is 16.6 Å². The first kappa shape index (κ1) is 13.5. The van der Waals surface area contributed by atoms with Crippen LogP contribution in [-0.4, -0.2) is 22.4 Å². The molecule has 1 atom stereocenters. The van der Waals surface area contributed by atoms with Gasteiger partial charge in [0, 0.05) is 12.1 Å². The average molecular weight is 314 g/mol. The van der Waals surface area contributed by atoms with Gasteiger partial charge in [0.25, 0.3) is 0 Å². The van der Waals surface area contributed by atoms with Crippen molar-refractivity contribution in [2.24, 2.45) is 0 Å². The van der Waals surface area contributed by atoms with E-state index in [1.165, 1.54) is 0 Å². The van der Waals surface area contributed by atoms with E-state index in [0.29, 0.717) is 46.3 Å². The summed E-state index contributed by atoms with van der Waals surface area (Å²) in [6, 6.07) is 3.28. The molecule has 7 heteroatoms. The molecular formula is C13H12ClNO4S. The minimum atomic E-state index is -1.35. The summed E-state index contributed by atoms with van der Waals surface area (Å²) >= 11 is 6.15. The molecule has 0 fully saturated rings. The second kappa shape index (κ2) is 5.46. The van der Waals surface area contributed by atoms with Crippen molar-refractivity contribution in [1.29, 1.82) is 0 Å². The number of hydrogen-bond donors (Lipinski definition) is 0. The van der Waals surface area contributed by atoms with Crippen LogP contribution in [0, 0.1) is 6.92 Å². The maximum atomic E-state index is 12.4. The highest BCUT2D eigenvalue weighted by Crippen LogP contribution is 2.37. The van der Waals surface area contributed by atoms with Crippen LogP contribution in [0.4, 0.5) is 0 Å². The van der Waals surface area contributed by atoms with E-state index in [4.69, 9.17) is 25.5 Å². The van der Waals surface area contributed by atoms with Gasteiger partial charge in [-0.1, -0.05) is 11.6 Å². The molecular weight excluding hydrogens is 302 g/mol. The fraction of sp³-hybridized carbons (Fsp3) is 0.308. The number of nitrogens with zero attached hydrogens (tertiary/aromatic N) is 1. The lowest BCUT2D eigenvalue weighted by atomic mass is 10.3. The summed E-state index contributed by atoms with van der Waals surface area (Å²) in [5.74, 6) is 2.42. The molecule has 0 saturated carbocycles. The van der Waals surface area contributed by atoms with Gasteiger partial charge in [-0.15, -0.1) is 0 Å². The van der Waals surface area contributed by atoms with Crippen molar-refractivity contribution >= 4 is 22.4 Å². The maximum absolute atomic E-state index is 12.4. The number of fused-ring (bicyclic) bond motifs is 1. The Morgan fingerprint density at radius 3 is 2.65 bits per heavy atom. The van der Waals surface area contributed by atoms with Crippen molar-refractivity contribution in [1.82, 2.24) is 4.98 Å². The molecule has 0 bridgehead atoms. The lowest BCUT2D eigenvalue weighted by molar-refractivity contribution is 0.171. The van der Waals surface area contributed by atoms with E-state index in [1.807, 2.05) is 0 Å². The summed E-state index contributed by atoms with van der Waals surface area (Å²) in [5, 5.41) is 0.385. The van der Waals surface area contributed by atoms with Gasteiger partial charge < -0.3 is 13.9 Å². The fourth-order valence-corrected chi connectivity index (χ4v) is 3.32. The number of aryl methyl sites for hydroxylation is 1. The minimum Gasteiger partial charge on any atom is -0.486 e. The van der Waals surface area contributed by atoms with Crippen LogP contribution >= 0.6 is 11.6 Å². The highest BCUT2D eigenvalue weighted by atomic mass is 35.5. The van der Waals surface area contributed by atoms with E-state index in [0.717, 1.165) is 0 Å². The van der Waals surface area contributed by atoms with Crippen molar-refractivity contribution in [3.05, 3.63) is 35.0 Å². The molecule has 1 aromatic heterocycles. The molecule has 0 amide bonds. The number of aromatic nitrogens is 1. The second-order valence-corrected chi connectivity index (χ2v) is 6.11. The van der Waals surface area contributed by atoms with E-state index in [9.17, 15) is 4.21 Å². The summed E-state index contributed by atoms with van der Waals surface area (Å²) in [6.45, 7) is 2.75. The summed E-state index contributed by atoms with van der Waals surface area (Å²) in [4.78, 5) is 4.53. The fourth-order valence-electron chi connectivity index (χ4n) is 1.88. The molecule has 0 N–H and O–H groups in total. The number of oxazole rings is 1. The molecule has 1 aromatic carbocycles. The first-order valence-corrected chi connectivity index (χ1v) is 7.72. The van der Waals surface area contributed by atoms with Crippen molar-refractivity contribution in [2.45, 2.75) is 17.6 Å². The van der Waals surface area contributed by atoms with Crippen molar-refractivity contribution in [2.75, 3.05) is 13.2 Å². The molecule has 2 heterocycles. The standard InChI is InChI=1S/C13H12ClNO4S/c1-8-6-15-13(19-8)7-20(16)12-5-11-10(4-9(12)14)17-2-3-18-11/h4-6H,2-3,7H2,1H3/t20-/m1/s1. The van der Waals surface area contributed by atoms with Crippen LogP contribution in [0.1, 0.15) is 11.7 Å². The molecule has 1 aliphatic heterocycles. The molecule has 106 valence electrons. The Morgan fingerprint density at radius 1 is 1.30 bits per heavy atom. The SMILES string of the molecule is Cc1cnc(C[S@@](=O)c2cc3c(cc2Cl)OCCO3)o1. The van der Waals surface area contributed by atoms with Gasteiger partial charge in [-0.05, 0) is 6.92 Å². The Morgan fingerprint density at radius 2 is 2.00 bits per heavy atom. The average Bonchev–Trinajstić information content (AvgIpc) is 2.83. The van der Waals surface area contributed by atoms with Crippen LogP contribution in [0.15, 0.2) is 27.6 Å². The summed E-state index contributed by atoms with van der Waals surface area (Å²) in [5.41, 5.74) is 0. The van der Waals surface area contributed by atoms with E-state index < -0.39 is 10.8 Å². The Bertz CT molecular complexity index is 670. The molecule has 2 aromatic rings. The Labute approximate surface area is 123 Å². The number of rotatable bonds is 3. The van der Waals surface area contributed by atoms with Gasteiger partial charge in [0.1, 0.15) is 24.7 Å². The van der Waals surface area contributed by atoms with Crippen molar-refractivity contribution < 1.29 is 18.1 Å². The third kappa shape index (κ3) is 2.66. The molecule has 1 aliphatic rings. The first-order chi connectivity index (χ1) is 9.63. The van der Waals surface area contributed by atoms with Gasteiger partial charge in [-0.3, -0.25) is 4.21 Å². The van der Waals surface area contributed by atoms with Gasteiger partial charge in [-0.2, -0.15) is 0 Å². The van der Waals surface area contributed by atoms with Crippen LogP contribution in [0.5, 0.6) is 11.5 Å². The third-order valence-electron chi connectivity index (χ3n) is 2.77. The third-order valence-corrected chi connectivity index (χ3v) is 4.53. The quantitative estimate of drug-likeness (QED) is 0.872. The van der Waals surface area contributed by atoms with E-state index in [1.54, 1.807) is 25.3 Å². The zero-order chi connectivity index (χ0) is 14.1.